The van der Waals surface area contributed by atoms with Crippen LogP contribution >= 0.6 is 0 Å². The van der Waals surface area contributed by atoms with Gasteiger partial charge in [-0.05, 0) is 24.1 Å². The second-order valence-electron chi connectivity index (χ2n) is 4.12. The number of carboxylic acid groups (broad SMARTS) is 1. The number of carbonyl (C=O) groups is 2. The van der Waals surface area contributed by atoms with E-state index in [0.717, 1.165) is 6.07 Å². The lowest BCUT2D eigenvalue weighted by molar-refractivity contribution is -0.153. The van der Waals surface area contributed by atoms with Crippen molar-refractivity contribution in [1.29, 1.82) is 0 Å². The molecule has 5 nitrogen and oxygen atoms in total. The van der Waals surface area contributed by atoms with Gasteiger partial charge in [0.25, 0.3) is 0 Å². The molecule has 0 aliphatic carbocycles. The molecule has 0 unspecified atom stereocenters. The van der Waals surface area contributed by atoms with E-state index in [2.05, 4.69) is 9.47 Å². The van der Waals surface area contributed by atoms with Crippen LogP contribution in [0.2, 0.25) is 0 Å². The van der Waals surface area contributed by atoms with Crippen LogP contribution in [0.25, 0.3) is 0 Å². The smallest absolute Gasteiger partial charge is 0.422 e. The highest BCUT2D eigenvalue weighted by Gasteiger charge is 2.29. The van der Waals surface area contributed by atoms with Crippen molar-refractivity contribution in [1.82, 2.24) is 0 Å². The second-order valence-corrected chi connectivity index (χ2v) is 4.12. The standard InChI is InChI=1S/C13H13F3O5/c1-20-11(17)5-3-8-2-4-10(9(6-8)12(18)19)21-7-13(14,15)16/h2,4,6H,3,5,7H2,1H3,(H,18,19). The Labute approximate surface area is 118 Å². The molecule has 0 aliphatic rings. The maximum Gasteiger partial charge on any atom is 0.422 e. The van der Waals surface area contributed by atoms with Gasteiger partial charge in [-0.2, -0.15) is 13.2 Å². The van der Waals surface area contributed by atoms with Crippen LogP contribution < -0.4 is 4.74 Å². The molecule has 0 spiro atoms. The van der Waals surface area contributed by atoms with Gasteiger partial charge in [0.05, 0.1) is 7.11 Å². The summed E-state index contributed by atoms with van der Waals surface area (Å²) in [6, 6.07) is 3.72. The molecular formula is C13H13F3O5. The Morgan fingerprint density at radius 1 is 1.29 bits per heavy atom. The molecule has 1 N–H and O–H groups in total. The lowest BCUT2D eigenvalue weighted by atomic mass is 10.1. The summed E-state index contributed by atoms with van der Waals surface area (Å²) in [4.78, 5) is 22.0. The zero-order valence-corrected chi connectivity index (χ0v) is 11.1. The number of esters is 1. The first-order valence-electron chi connectivity index (χ1n) is 5.85. The second kappa shape index (κ2) is 6.96. The van der Waals surface area contributed by atoms with E-state index in [-0.39, 0.29) is 24.2 Å². The number of ether oxygens (including phenoxy) is 2. The van der Waals surface area contributed by atoms with E-state index in [0.29, 0.717) is 5.56 Å². The van der Waals surface area contributed by atoms with Crippen molar-refractivity contribution in [3.05, 3.63) is 29.3 Å². The molecule has 8 heteroatoms. The van der Waals surface area contributed by atoms with Crippen LogP contribution in [0.3, 0.4) is 0 Å². The normalized spacial score (nSPS) is 11.0. The van der Waals surface area contributed by atoms with Gasteiger partial charge >= 0.3 is 18.1 Å². The van der Waals surface area contributed by atoms with Crippen LogP contribution in [0.4, 0.5) is 13.2 Å². The molecule has 0 aromatic heterocycles. The molecule has 0 bridgehead atoms. The van der Waals surface area contributed by atoms with Crippen LogP contribution in [0, 0.1) is 0 Å². The number of benzene rings is 1. The zero-order chi connectivity index (χ0) is 16.0. The molecule has 1 aromatic rings. The van der Waals surface area contributed by atoms with Crippen molar-refractivity contribution in [2.24, 2.45) is 0 Å². The number of alkyl halides is 3. The third-order valence-corrected chi connectivity index (χ3v) is 2.51. The van der Waals surface area contributed by atoms with Gasteiger partial charge < -0.3 is 14.6 Å². The number of hydrogen-bond acceptors (Lipinski definition) is 4. The summed E-state index contributed by atoms with van der Waals surface area (Å²) < 4.78 is 45.1. The highest BCUT2D eigenvalue weighted by atomic mass is 19.4. The van der Waals surface area contributed by atoms with Crippen LogP contribution in [-0.2, 0) is 16.0 Å². The summed E-state index contributed by atoms with van der Waals surface area (Å²) in [7, 11) is 1.22. The molecule has 0 atom stereocenters. The summed E-state index contributed by atoms with van der Waals surface area (Å²) in [6.07, 6.45) is -4.30. The molecule has 0 fully saturated rings. The number of rotatable bonds is 6. The third-order valence-electron chi connectivity index (χ3n) is 2.51. The van der Waals surface area contributed by atoms with Gasteiger partial charge in [-0.1, -0.05) is 6.07 Å². The van der Waals surface area contributed by atoms with Crippen molar-refractivity contribution in [2.75, 3.05) is 13.7 Å². The summed E-state index contributed by atoms with van der Waals surface area (Å²) in [6.45, 7) is -1.57. The first-order valence-corrected chi connectivity index (χ1v) is 5.85. The Hall–Kier alpha value is -2.25. The molecule has 21 heavy (non-hydrogen) atoms. The van der Waals surface area contributed by atoms with E-state index in [1.807, 2.05) is 0 Å². The fourth-order valence-electron chi connectivity index (χ4n) is 1.53. The summed E-state index contributed by atoms with van der Waals surface area (Å²) in [5, 5.41) is 8.99. The average molecular weight is 306 g/mol. The summed E-state index contributed by atoms with van der Waals surface area (Å²) >= 11 is 0. The maximum atomic E-state index is 12.1. The molecule has 0 saturated heterocycles. The Morgan fingerprint density at radius 3 is 2.48 bits per heavy atom. The fourth-order valence-corrected chi connectivity index (χ4v) is 1.53. The van der Waals surface area contributed by atoms with Gasteiger partial charge in [0.15, 0.2) is 6.61 Å². The monoisotopic (exact) mass is 306 g/mol. The molecule has 0 aliphatic heterocycles. The Kier molecular flexibility index (Phi) is 5.57. The van der Waals surface area contributed by atoms with Gasteiger partial charge in [-0.15, -0.1) is 0 Å². The number of aromatic carboxylic acids is 1. The molecule has 1 rings (SSSR count). The van der Waals surface area contributed by atoms with E-state index >= 15 is 0 Å². The van der Waals surface area contributed by atoms with Crippen LogP contribution in [0.15, 0.2) is 18.2 Å². The van der Waals surface area contributed by atoms with E-state index in [1.54, 1.807) is 0 Å². The predicted octanol–water partition coefficient (Wildman–Crippen LogP) is 2.43. The van der Waals surface area contributed by atoms with E-state index < -0.39 is 24.7 Å². The largest absolute Gasteiger partial charge is 0.483 e. The highest BCUT2D eigenvalue weighted by molar-refractivity contribution is 5.91. The van der Waals surface area contributed by atoms with Crippen LogP contribution in [0.1, 0.15) is 22.3 Å². The fraction of sp³-hybridized carbons (Fsp3) is 0.385. The minimum atomic E-state index is -4.56. The van der Waals surface area contributed by atoms with Crippen molar-refractivity contribution < 1.29 is 37.3 Å². The molecular weight excluding hydrogens is 293 g/mol. The van der Waals surface area contributed by atoms with Gasteiger partial charge in [-0.3, -0.25) is 4.79 Å². The van der Waals surface area contributed by atoms with Crippen molar-refractivity contribution in [3.8, 4) is 5.75 Å². The average Bonchev–Trinajstić information content (AvgIpc) is 2.41. The number of carbonyl (C=O) groups excluding carboxylic acids is 1. The van der Waals surface area contributed by atoms with E-state index in [4.69, 9.17) is 5.11 Å². The van der Waals surface area contributed by atoms with Crippen LogP contribution in [-0.4, -0.2) is 36.9 Å². The lowest BCUT2D eigenvalue weighted by Crippen LogP contribution is -2.20. The number of hydrogen-bond donors (Lipinski definition) is 1. The van der Waals surface area contributed by atoms with E-state index in [9.17, 15) is 22.8 Å². The molecule has 1 aromatic carbocycles. The van der Waals surface area contributed by atoms with Gasteiger partial charge in [0, 0.05) is 6.42 Å². The van der Waals surface area contributed by atoms with Gasteiger partial charge in [0.1, 0.15) is 11.3 Å². The lowest BCUT2D eigenvalue weighted by Gasteiger charge is -2.12. The summed E-state index contributed by atoms with van der Waals surface area (Å²) in [5.41, 5.74) is 0.0961. The number of aryl methyl sites for hydroxylation is 1. The Morgan fingerprint density at radius 2 is 1.95 bits per heavy atom. The molecule has 116 valence electrons. The quantitative estimate of drug-likeness (QED) is 0.817. The predicted molar refractivity (Wildman–Crippen MR) is 65.3 cm³/mol. The van der Waals surface area contributed by atoms with Crippen molar-refractivity contribution >= 4 is 11.9 Å². The van der Waals surface area contributed by atoms with Crippen molar-refractivity contribution in [2.45, 2.75) is 19.0 Å². The zero-order valence-electron chi connectivity index (χ0n) is 11.1. The maximum absolute atomic E-state index is 12.1. The number of halogens is 3. The van der Waals surface area contributed by atoms with E-state index in [1.165, 1.54) is 19.2 Å². The Bertz CT molecular complexity index is 525. The third kappa shape index (κ3) is 5.72. The SMILES string of the molecule is COC(=O)CCc1ccc(OCC(F)(F)F)c(C(=O)O)c1. The minimum Gasteiger partial charge on any atom is -0.483 e. The molecule has 0 radical (unpaired) electrons. The summed E-state index contributed by atoms with van der Waals surface area (Å²) in [5.74, 6) is -2.25. The first-order chi connectivity index (χ1) is 9.73. The topological polar surface area (TPSA) is 72.8 Å². The Balaban J connectivity index is 2.86. The van der Waals surface area contributed by atoms with Gasteiger partial charge in [0.2, 0.25) is 0 Å². The number of methoxy groups -OCH3 is 1. The highest BCUT2D eigenvalue weighted by Crippen LogP contribution is 2.24. The van der Waals surface area contributed by atoms with Crippen molar-refractivity contribution in [3.63, 3.8) is 0 Å². The van der Waals surface area contributed by atoms with Crippen LogP contribution in [0.5, 0.6) is 5.75 Å². The minimum absolute atomic E-state index is 0.0400. The number of carboxylic acids is 1. The molecule has 0 heterocycles. The molecule has 0 amide bonds. The molecule has 0 saturated carbocycles. The first kappa shape index (κ1) is 16.8. The van der Waals surface area contributed by atoms with Gasteiger partial charge in [-0.25, -0.2) is 4.79 Å².